The third-order valence-corrected chi connectivity index (χ3v) is 6.83. The highest BCUT2D eigenvalue weighted by Crippen LogP contribution is 2.36. The van der Waals surface area contributed by atoms with Crippen LogP contribution in [0.15, 0.2) is 17.0 Å². The molecule has 0 unspecified atom stereocenters. The van der Waals surface area contributed by atoms with Gasteiger partial charge in [0, 0.05) is 19.2 Å². The van der Waals surface area contributed by atoms with Crippen molar-refractivity contribution in [3.05, 3.63) is 17.7 Å². The Kier molecular flexibility index (Phi) is 4.94. The molecule has 1 saturated heterocycles. The molecule has 0 aliphatic carbocycles. The monoisotopic (exact) mass is 382 g/mol. The number of carboxylic acid groups (broad SMARTS) is 1. The first kappa shape index (κ1) is 18.7. The third-order valence-electron chi connectivity index (χ3n) is 4.82. The predicted octanol–water partition coefficient (Wildman–Crippen LogP) is 1.59. The molecule has 0 bridgehead atoms. The van der Waals surface area contributed by atoms with Crippen LogP contribution in [0.1, 0.15) is 31.7 Å². The van der Waals surface area contributed by atoms with E-state index in [1.807, 2.05) is 0 Å². The van der Waals surface area contributed by atoms with E-state index in [-0.39, 0.29) is 23.9 Å². The van der Waals surface area contributed by atoms with Crippen molar-refractivity contribution in [1.29, 1.82) is 0 Å². The van der Waals surface area contributed by atoms with E-state index >= 15 is 0 Å². The summed E-state index contributed by atoms with van der Waals surface area (Å²) in [6.45, 7) is 3.70. The van der Waals surface area contributed by atoms with Gasteiger partial charge in [-0.25, -0.2) is 8.42 Å². The van der Waals surface area contributed by atoms with Gasteiger partial charge in [0.05, 0.1) is 16.5 Å². The SMILES string of the molecule is CC[C@@H]1Oc2cc(S(=O)(=O)N3CCC[C@@H](C(=O)O)C3)c(C)cc2NC1=O. The molecule has 0 spiro atoms. The third kappa shape index (κ3) is 3.28. The van der Waals surface area contributed by atoms with Crippen molar-refractivity contribution < 1.29 is 27.9 Å². The Balaban J connectivity index is 1.96. The van der Waals surface area contributed by atoms with E-state index in [2.05, 4.69) is 5.32 Å². The Morgan fingerprint density at radius 3 is 2.81 bits per heavy atom. The molecule has 2 atom stereocenters. The number of hydrogen-bond donors (Lipinski definition) is 2. The molecule has 26 heavy (non-hydrogen) atoms. The molecule has 9 heteroatoms. The van der Waals surface area contributed by atoms with Gasteiger partial charge in [-0.1, -0.05) is 6.92 Å². The summed E-state index contributed by atoms with van der Waals surface area (Å²) in [5.41, 5.74) is 0.915. The number of sulfonamides is 1. The molecule has 0 radical (unpaired) electrons. The number of aliphatic carboxylic acids is 1. The van der Waals surface area contributed by atoms with E-state index in [9.17, 15) is 23.1 Å². The fourth-order valence-electron chi connectivity index (χ4n) is 3.33. The predicted molar refractivity (Wildman–Crippen MR) is 93.6 cm³/mol. The van der Waals surface area contributed by atoms with Gasteiger partial charge in [-0.15, -0.1) is 0 Å². The maximum Gasteiger partial charge on any atom is 0.307 e. The number of carbonyl (C=O) groups is 2. The van der Waals surface area contributed by atoms with Crippen molar-refractivity contribution in [2.24, 2.45) is 5.92 Å². The van der Waals surface area contributed by atoms with E-state index in [1.54, 1.807) is 19.9 Å². The summed E-state index contributed by atoms with van der Waals surface area (Å²) in [4.78, 5) is 23.2. The first-order chi connectivity index (χ1) is 12.2. The van der Waals surface area contributed by atoms with Crippen LogP contribution in [0.5, 0.6) is 5.75 Å². The number of fused-ring (bicyclic) bond motifs is 1. The van der Waals surface area contributed by atoms with Gasteiger partial charge < -0.3 is 15.2 Å². The largest absolute Gasteiger partial charge is 0.481 e. The molecule has 1 fully saturated rings. The van der Waals surface area contributed by atoms with Crippen molar-refractivity contribution in [3.8, 4) is 5.75 Å². The Morgan fingerprint density at radius 2 is 2.15 bits per heavy atom. The van der Waals surface area contributed by atoms with Gasteiger partial charge in [0.1, 0.15) is 5.75 Å². The molecule has 0 aromatic heterocycles. The van der Waals surface area contributed by atoms with E-state index in [0.717, 1.165) is 0 Å². The number of carboxylic acids is 1. The zero-order chi connectivity index (χ0) is 19.1. The molecule has 0 saturated carbocycles. The lowest BCUT2D eigenvalue weighted by molar-refractivity contribution is -0.142. The normalized spacial score (nSPS) is 23.7. The molecule has 1 aromatic rings. The number of nitrogens with one attached hydrogen (secondary N) is 1. The molecule has 3 rings (SSSR count). The summed E-state index contributed by atoms with van der Waals surface area (Å²) >= 11 is 0. The standard InChI is InChI=1S/C17H22N2O6S/c1-3-13-16(20)18-12-7-10(2)15(8-14(12)25-13)26(23,24)19-6-4-5-11(9-19)17(21)22/h7-8,11,13H,3-6,9H2,1-2H3,(H,18,20)(H,21,22)/t11-,13+/m1/s1. The maximum atomic E-state index is 13.1. The second-order valence-electron chi connectivity index (χ2n) is 6.66. The molecule has 142 valence electrons. The van der Waals surface area contributed by atoms with Crippen LogP contribution in [0.3, 0.4) is 0 Å². The van der Waals surface area contributed by atoms with Crippen LogP contribution >= 0.6 is 0 Å². The maximum absolute atomic E-state index is 13.1. The molecule has 2 aliphatic heterocycles. The van der Waals surface area contributed by atoms with Gasteiger partial charge in [0.25, 0.3) is 5.91 Å². The van der Waals surface area contributed by atoms with Crippen LogP contribution in [-0.2, 0) is 19.6 Å². The number of benzene rings is 1. The van der Waals surface area contributed by atoms with Crippen LogP contribution < -0.4 is 10.1 Å². The van der Waals surface area contributed by atoms with Crippen molar-refractivity contribution >= 4 is 27.6 Å². The van der Waals surface area contributed by atoms with Crippen LogP contribution in [0.4, 0.5) is 5.69 Å². The van der Waals surface area contributed by atoms with E-state index in [1.165, 1.54) is 10.4 Å². The van der Waals surface area contributed by atoms with Crippen molar-refractivity contribution in [2.45, 2.75) is 44.1 Å². The first-order valence-electron chi connectivity index (χ1n) is 8.59. The summed E-state index contributed by atoms with van der Waals surface area (Å²) in [6, 6.07) is 3.00. The topological polar surface area (TPSA) is 113 Å². The van der Waals surface area contributed by atoms with E-state index < -0.39 is 28.0 Å². The fourth-order valence-corrected chi connectivity index (χ4v) is 5.08. The molecule has 8 nitrogen and oxygen atoms in total. The molecule has 1 aromatic carbocycles. The minimum absolute atomic E-state index is 0.0383. The minimum Gasteiger partial charge on any atom is -0.481 e. The van der Waals surface area contributed by atoms with Gasteiger partial charge in [-0.05, 0) is 37.8 Å². The molecule has 1 amide bonds. The highest BCUT2D eigenvalue weighted by molar-refractivity contribution is 7.89. The second kappa shape index (κ2) is 6.88. The quantitative estimate of drug-likeness (QED) is 0.818. The number of carbonyl (C=O) groups excluding carboxylic acids is 1. The zero-order valence-electron chi connectivity index (χ0n) is 14.7. The molecule has 2 heterocycles. The van der Waals surface area contributed by atoms with Gasteiger partial charge in [-0.2, -0.15) is 4.31 Å². The summed E-state index contributed by atoms with van der Waals surface area (Å²) < 4.78 is 33.0. The number of piperidine rings is 1. The first-order valence-corrected chi connectivity index (χ1v) is 10.0. The van der Waals surface area contributed by atoms with Gasteiger partial charge in [0.15, 0.2) is 6.10 Å². The summed E-state index contributed by atoms with van der Waals surface area (Å²) in [5.74, 6) is -1.62. The number of hydrogen-bond acceptors (Lipinski definition) is 5. The van der Waals surface area contributed by atoms with Crippen molar-refractivity contribution in [1.82, 2.24) is 4.31 Å². The Labute approximate surface area is 152 Å². The summed E-state index contributed by atoms with van der Waals surface area (Å²) in [5, 5.41) is 11.9. The Bertz CT molecular complexity index is 851. The number of amides is 1. The van der Waals surface area contributed by atoms with E-state index in [0.29, 0.717) is 36.3 Å². The van der Waals surface area contributed by atoms with Crippen molar-refractivity contribution in [2.75, 3.05) is 18.4 Å². The minimum atomic E-state index is -3.85. The number of rotatable bonds is 4. The van der Waals surface area contributed by atoms with Crippen LogP contribution in [-0.4, -0.2) is 48.9 Å². The average molecular weight is 382 g/mol. The number of ether oxygens (including phenoxy) is 1. The van der Waals surface area contributed by atoms with Gasteiger partial charge in [-0.3, -0.25) is 9.59 Å². The molecular weight excluding hydrogens is 360 g/mol. The highest BCUT2D eigenvalue weighted by atomic mass is 32.2. The molecule has 2 aliphatic rings. The Morgan fingerprint density at radius 1 is 1.42 bits per heavy atom. The molecular formula is C17H22N2O6S. The lowest BCUT2D eigenvalue weighted by atomic mass is 10.0. The van der Waals surface area contributed by atoms with Crippen LogP contribution in [0.2, 0.25) is 0 Å². The Hall–Kier alpha value is -2.13. The fraction of sp³-hybridized carbons (Fsp3) is 0.529. The number of nitrogens with zero attached hydrogens (tertiary/aromatic N) is 1. The van der Waals surface area contributed by atoms with Gasteiger partial charge >= 0.3 is 5.97 Å². The summed E-state index contributed by atoms with van der Waals surface area (Å²) in [6.07, 6.45) is 0.781. The number of aryl methyl sites for hydroxylation is 1. The average Bonchev–Trinajstić information content (AvgIpc) is 2.60. The van der Waals surface area contributed by atoms with Crippen molar-refractivity contribution in [3.63, 3.8) is 0 Å². The lowest BCUT2D eigenvalue weighted by Crippen LogP contribution is -2.42. The highest BCUT2D eigenvalue weighted by Gasteiger charge is 2.35. The smallest absolute Gasteiger partial charge is 0.307 e. The zero-order valence-corrected chi connectivity index (χ0v) is 15.5. The van der Waals surface area contributed by atoms with Crippen LogP contribution in [0, 0.1) is 12.8 Å². The summed E-state index contributed by atoms with van der Waals surface area (Å²) in [7, 11) is -3.85. The lowest BCUT2D eigenvalue weighted by Gasteiger charge is -2.31. The number of anilines is 1. The van der Waals surface area contributed by atoms with Gasteiger partial charge in [0.2, 0.25) is 10.0 Å². The van der Waals surface area contributed by atoms with Crippen LogP contribution in [0.25, 0.3) is 0 Å². The second-order valence-corrected chi connectivity index (χ2v) is 8.56. The van der Waals surface area contributed by atoms with E-state index in [4.69, 9.17) is 4.74 Å². The molecule has 2 N–H and O–H groups in total.